The maximum Gasteiger partial charge on any atom is 0.335 e. The monoisotopic (exact) mass is 1880 g/mol. The number of ether oxygens (including phenoxy) is 1. The Balaban J connectivity index is 0.000000309. The van der Waals surface area contributed by atoms with Crippen molar-refractivity contribution in [3.05, 3.63) is 280 Å². The predicted molar refractivity (Wildman–Crippen MR) is 439 cm³/mol. The topological polar surface area (TPSA) is 264 Å². The summed E-state index contributed by atoms with van der Waals surface area (Å²) in [4.78, 5) is 52.6. The van der Waals surface area contributed by atoms with E-state index in [-0.39, 0.29) is 91.7 Å². The molecule has 1 aliphatic rings. The van der Waals surface area contributed by atoms with Crippen molar-refractivity contribution >= 4 is 181 Å². The molecule has 2 amide bonds. The Morgan fingerprint density at radius 3 is 1.60 bits per heavy atom. The van der Waals surface area contributed by atoms with Gasteiger partial charge in [0.1, 0.15) is 58.2 Å². The molecular formula is C77H70Br2Cl4F8N4O12S6. The summed E-state index contributed by atoms with van der Waals surface area (Å²) >= 11 is 30.6. The van der Waals surface area contributed by atoms with Crippen molar-refractivity contribution in [2.45, 2.75) is 73.1 Å². The number of furan rings is 1. The summed E-state index contributed by atoms with van der Waals surface area (Å²) in [5, 5.41) is 30.7. The van der Waals surface area contributed by atoms with E-state index in [9.17, 15) is 76.2 Å². The van der Waals surface area contributed by atoms with Crippen LogP contribution in [-0.4, -0.2) is 126 Å². The summed E-state index contributed by atoms with van der Waals surface area (Å²) in [6, 6.07) is 36.4. The van der Waals surface area contributed by atoms with Crippen LogP contribution in [0.5, 0.6) is 0 Å². The number of nitrogens with two attached hydrogens (primary N) is 1. The molecule has 1 aliphatic heterocycles. The average Bonchev–Trinajstić information content (AvgIpc) is 1.09. The summed E-state index contributed by atoms with van der Waals surface area (Å²) in [7, 11) is -5.98. The normalized spacial score (nSPS) is 11.8. The molecule has 5 N–H and O–H groups in total. The van der Waals surface area contributed by atoms with Crippen molar-refractivity contribution in [2.24, 2.45) is 5.73 Å². The van der Waals surface area contributed by atoms with Gasteiger partial charge in [0.25, 0.3) is 11.8 Å². The van der Waals surface area contributed by atoms with Crippen molar-refractivity contribution in [3.63, 3.8) is 0 Å². The Morgan fingerprint density at radius 2 is 1.11 bits per heavy atom. The quantitative estimate of drug-likeness (QED) is 0.0286. The van der Waals surface area contributed by atoms with Gasteiger partial charge in [-0.05, 0) is 218 Å². The second kappa shape index (κ2) is 47.0. The first-order chi connectivity index (χ1) is 52.7. The molecule has 0 unspecified atom stereocenters. The third-order valence-electron chi connectivity index (χ3n) is 15.1. The zero-order valence-corrected chi connectivity index (χ0v) is 71.6. The number of carbonyl (C=O) groups is 4. The van der Waals surface area contributed by atoms with Crippen LogP contribution in [0.25, 0.3) is 11.0 Å². The molecule has 0 saturated heterocycles. The van der Waals surface area contributed by atoms with Gasteiger partial charge in [-0.25, -0.2) is 56.8 Å². The van der Waals surface area contributed by atoms with Crippen molar-refractivity contribution in [3.8, 4) is 6.07 Å². The summed E-state index contributed by atoms with van der Waals surface area (Å²) in [5.41, 5.74) is 9.84. The number of carboxylic acids is 1. The summed E-state index contributed by atoms with van der Waals surface area (Å²) in [6.45, 7) is 0.108. The van der Waals surface area contributed by atoms with Crippen LogP contribution in [-0.2, 0) is 60.9 Å². The highest BCUT2D eigenvalue weighted by Crippen LogP contribution is 2.36. The fourth-order valence-electron chi connectivity index (χ4n) is 9.93. The first-order valence-corrected chi connectivity index (χ1v) is 43.6. The van der Waals surface area contributed by atoms with E-state index in [2.05, 4.69) is 41.9 Å². The Labute approximate surface area is 702 Å². The van der Waals surface area contributed by atoms with Gasteiger partial charge in [0.2, 0.25) is 0 Å². The number of sulfone groups is 2. The lowest BCUT2D eigenvalue weighted by Gasteiger charge is -2.30. The molecule has 10 aromatic rings. The van der Waals surface area contributed by atoms with Gasteiger partial charge >= 0.3 is 11.9 Å². The van der Waals surface area contributed by atoms with Crippen molar-refractivity contribution in [2.75, 3.05) is 57.8 Å². The van der Waals surface area contributed by atoms with Crippen LogP contribution in [0.4, 0.5) is 35.1 Å². The number of esters is 1. The summed E-state index contributed by atoms with van der Waals surface area (Å²) in [5.74, 6) is -6.05. The maximum atomic E-state index is 14.1. The van der Waals surface area contributed by atoms with Gasteiger partial charge in [0.05, 0.1) is 68.6 Å². The smallest absolute Gasteiger partial charge is 0.335 e. The predicted octanol–water partition coefficient (Wildman–Crippen LogP) is 19.5. The molecule has 11 rings (SSSR count). The number of methoxy groups -OCH3 is 1. The third kappa shape index (κ3) is 32.4. The second-order valence-electron chi connectivity index (χ2n) is 23.6. The summed E-state index contributed by atoms with van der Waals surface area (Å²) in [6.07, 6.45) is 11.3. The minimum Gasteiger partial charge on any atom is -0.478 e. The molecule has 0 fully saturated rings. The number of aliphatic hydroxyl groups excluding tert-OH is 1. The Morgan fingerprint density at radius 1 is 0.628 bits per heavy atom. The molecule has 0 bridgehead atoms. The highest BCUT2D eigenvalue weighted by molar-refractivity contribution is 9.10. The average molecular weight is 1890 g/mol. The standard InChI is InChI=1S/C29H25Cl2FN2O6S.C11H14FNO4S.C8H8ClFS.C8H6FNS.C8H7FO2S.C7H6BrFS.C6H3BrF2.ClH/c1-41(38,39)22-10-16(8-20(32)13-22)9-21(15-35)33-28(36)26-24(30)11-19-14-34(6-4-23(19)27(26)31)29(37)18-3-2-17-5-7-40-25(17)12-18;1-17-11(14)10(13)5-7-3-8(12)6-9(4-7)18(2,15)16;1-11-8-3-6(5-9)2-7(10)4-8;1-11-8-3-6(5-10)2-7(9)4-8;1-12-7-3-5(8(10)11)2-6(9)4-7;1-10-7-3-5(8)2-6(9)4-7;7-4-1-5(8)3-6(9)2-4;/h2-3,5,7-8,10-13,21,35H,4,6,9,14-15H2,1H3,(H,33,36);3-4,6,10H,5,13H2,1-2H3;2-4H,5H2,1H3;2-4H,1H3;2-4H,1H3,(H,10,11);2-4H,1H3;1-3H;1H/t21-;10-;;;;;;/m00....../s1. The zero-order chi connectivity index (χ0) is 83.5. The number of aromatic carboxylic acids is 1. The number of hydrogen-bond acceptors (Lipinski definition) is 17. The Kier molecular flexibility index (Phi) is 40.8. The maximum absolute atomic E-state index is 14.1. The number of nitrogens with one attached hydrogen (secondary N) is 1. The van der Waals surface area contributed by atoms with Gasteiger partial charge in [-0.15, -0.1) is 71.1 Å². The number of hydrogen-bond donors (Lipinski definition) is 4. The number of carbonyl (C=O) groups excluding carboxylic acids is 3. The third-order valence-corrected chi connectivity index (χ3v) is 22.1. The number of amides is 2. The van der Waals surface area contributed by atoms with Gasteiger partial charge in [0, 0.05) is 77.0 Å². The lowest BCUT2D eigenvalue weighted by molar-refractivity contribution is -0.142. The molecular weight excluding hydrogens is 1820 g/mol. The van der Waals surface area contributed by atoms with Gasteiger partial charge in [-0.1, -0.05) is 61.1 Å². The number of nitriles is 1. The number of alkyl halides is 1. The molecule has 0 spiro atoms. The molecule has 0 radical (unpaired) electrons. The minimum absolute atomic E-state index is 0. The number of rotatable bonds is 17. The molecule has 16 nitrogen and oxygen atoms in total. The minimum atomic E-state index is -3.66. The molecule has 113 heavy (non-hydrogen) atoms. The number of thioether (sulfide) groups is 4. The second-order valence-corrected chi connectivity index (χ2v) is 34.0. The lowest BCUT2D eigenvalue weighted by Crippen LogP contribution is -2.40. The van der Waals surface area contributed by atoms with Gasteiger partial charge in [-0.2, -0.15) is 5.26 Å². The Bertz CT molecular complexity index is 5210. The SMILES string of the molecule is COC(=O)[C@@H](N)Cc1cc(F)cc(S(C)(=O)=O)c1.CS(=O)(=O)c1cc(F)cc(C[C@@H](CO)NC(=O)c2c(Cl)cc3c(c2Cl)CCN(C(=O)c2ccc4ccoc4c2)C3)c1.CSc1cc(F)cc(Br)c1.CSc1cc(F)cc(C#N)c1.CSc1cc(F)cc(C(=O)O)c1.CSc1cc(F)cc(CCl)c1.Cl.Fc1cc(F)cc(Br)c1. The molecule has 604 valence electrons. The number of carboxylic acid groups (broad SMARTS) is 1. The van der Waals surface area contributed by atoms with Crippen molar-refractivity contribution in [1.82, 2.24) is 10.2 Å². The summed E-state index contributed by atoms with van der Waals surface area (Å²) < 4.78 is 160. The highest BCUT2D eigenvalue weighted by Gasteiger charge is 2.29. The highest BCUT2D eigenvalue weighted by atomic mass is 79.9. The Hall–Kier alpha value is -7.33. The van der Waals surface area contributed by atoms with E-state index in [0.717, 1.165) is 79.0 Å². The van der Waals surface area contributed by atoms with Crippen LogP contribution in [0.1, 0.15) is 64.5 Å². The van der Waals surface area contributed by atoms with Crippen LogP contribution in [0, 0.1) is 57.9 Å². The van der Waals surface area contributed by atoms with Crippen LogP contribution in [0.2, 0.25) is 10.0 Å². The van der Waals surface area contributed by atoms with Gasteiger partial charge in [-0.3, -0.25) is 14.4 Å². The number of aliphatic hydroxyl groups is 1. The fraction of sp³-hybridized carbons (Fsp3) is 0.208. The molecule has 1 aromatic heterocycles. The fourth-order valence-corrected chi connectivity index (χ4v) is 15.2. The lowest BCUT2D eigenvalue weighted by atomic mass is 9.95. The van der Waals surface area contributed by atoms with Crippen LogP contribution in [0.3, 0.4) is 0 Å². The van der Waals surface area contributed by atoms with E-state index in [0.29, 0.717) is 61.6 Å². The van der Waals surface area contributed by atoms with Crippen LogP contribution >= 0.6 is 126 Å². The first kappa shape index (κ1) is 98.0. The van der Waals surface area contributed by atoms with Crippen LogP contribution < -0.4 is 11.1 Å². The number of fused-ring (bicyclic) bond motifs is 2. The molecule has 2 atom stereocenters. The molecule has 0 saturated carbocycles. The number of halogens is 14. The van der Waals surface area contributed by atoms with Crippen LogP contribution in [0.15, 0.2) is 207 Å². The van der Waals surface area contributed by atoms with Gasteiger partial charge < -0.3 is 35.3 Å². The van der Waals surface area contributed by atoms with E-state index in [1.165, 1.54) is 127 Å². The number of benzene rings is 9. The zero-order valence-electron chi connectivity index (χ0n) is 60.4. The van der Waals surface area contributed by atoms with E-state index in [4.69, 9.17) is 55.3 Å². The van der Waals surface area contributed by atoms with Crippen molar-refractivity contribution < 1.29 is 90.5 Å². The van der Waals surface area contributed by atoms with E-state index < -0.39 is 85.3 Å². The number of nitrogens with zero attached hydrogens (tertiary/aromatic N) is 2. The first-order valence-electron chi connectivity index (χ1n) is 32.1. The molecule has 9 aromatic carbocycles. The molecule has 0 aliphatic carbocycles. The molecule has 2 heterocycles. The van der Waals surface area contributed by atoms with E-state index >= 15 is 0 Å². The largest absolute Gasteiger partial charge is 0.478 e. The van der Waals surface area contributed by atoms with E-state index in [1.54, 1.807) is 41.7 Å². The molecule has 36 heteroatoms. The van der Waals surface area contributed by atoms with Crippen molar-refractivity contribution in [1.29, 1.82) is 5.26 Å². The van der Waals surface area contributed by atoms with E-state index in [1.807, 2.05) is 49.1 Å². The van der Waals surface area contributed by atoms with Gasteiger partial charge in [0.15, 0.2) is 19.7 Å².